The van der Waals surface area contributed by atoms with Crippen molar-refractivity contribution in [2.45, 2.75) is 32.1 Å². The second-order valence-corrected chi connectivity index (χ2v) is 8.21. The number of anilines is 1. The molecule has 2 aromatic heterocycles. The summed E-state index contributed by atoms with van der Waals surface area (Å²) in [7, 11) is 0. The third-order valence-corrected chi connectivity index (χ3v) is 6.55. The van der Waals surface area contributed by atoms with E-state index in [0.29, 0.717) is 19.0 Å². The van der Waals surface area contributed by atoms with Gasteiger partial charge in [0.05, 0.1) is 11.7 Å². The van der Waals surface area contributed by atoms with Gasteiger partial charge in [0, 0.05) is 42.8 Å². The highest BCUT2D eigenvalue weighted by molar-refractivity contribution is 5.87. The molecular formula is C23H26N6O. The molecule has 1 saturated heterocycles. The lowest BCUT2D eigenvalue weighted by Crippen LogP contribution is -2.49. The van der Waals surface area contributed by atoms with Crippen LogP contribution in [0, 0.1) is 6.92 Å². The van der Waals surface area contributed by atoms with E-state index in [9.17, 15) is 4.79 Å². The number of rotatable bonds is 3. The van der Waals surface area contributed by atoms with Crippen LogP contribution in [-0.4, -0.2) is 57.2 Å². The zero-order chi connectivity index (χ0) is 20.7. The third-order valence-electron chi connectivity index (χ3n) is 6.55. The van der Waals surface area contributed by atoms with Gasteiger partial charge >= 0.3 is 0 Å². The molecule has 0 spiro atoms. The van der Waals surface area contributed by atoms with Gasteiger partial charge in [0.25, 0.3) is 0 Å². The Morgan fingerprint density at radius 1 is 1.23 bits per heavy atom. The Morgan fingerprint density at radius 2 is 2.07 bits per heavy atom. The molecule has 1 fully saturated rings. The molecule has 0 unspecified atom stereocenters. The van der Waals surface area contributed by atoms with Crippen molar-refractivity contribution < 1.29 is 4.79 Å². The normalized spacial score (nSPS) is 19.0. The van der Waals surface area contributed by atoms with Crippen LogP contribution in [0.5, 0.6) is 0 Å². The molecule has 7 heteroatoms. The minimum atomic E-state index is 0.00556. The van der Waals surface area contributed by atoms with Crippen LogP contribution in [0.1, 0.15) is 34.7 Å². The largest absolute Gasteiger partial charge is 0.353 e. The van der Waals surface area contributed by atoms with Crippen LogP contribution in [0.15, 0.2) is 37.3 Å². The van der Waals surface area contributed by atoms with Crippen LogP contribution >= 0.6 is 0 Å². The first kappa shape index (κ1) is 18.8. The number of nitrogens with zero attached hydrogens (tertiary/aromatic N) is 5. The van der Waals surface area contributed by atoms with Gasteiger partial charge < -0.3 is 9.80 Å². The third kappa shape index (κ3) is 3.14. The predicted molar refractivity (Wildman–Crippen MR) is 117 cm³/mol. The number of fused-ring (bicyclic) bond motifs is 2. The predicted octanol–water partition coefficient (Wildman–Crippen LogP) is 2.77. The lowest BCUT2D eigenvalue weighted by molar-refractivity contribution is -0.126. The molecule has 1 N–H and O–H groups in total. The fourth-order valence-electron chi connectivity index (χ4n) is 5.00. The fraction of sp³-hybridized carbons (Fsp3) is 0.391. The van der Waals surface area contributed by atoms with Crippen molar-refractivity contribution >= 4 is 22.6 Å². The number of benzene rings is 1. The molecule has 3 aromatic rings. The summed E-state index contributed by atoms with van der Waals surface area (Å²) in [5.41, 5.74) is 6.23. The first-order valence-corrected chi connectivity index (χ1v) is 10.6. The van der Waals surface area contributed by atoms with Crippen molar-refractivity contribution in [2.24, 2.45) is 0 Å². The van der Waals surface area contributed by atoms with Gasteiger partial charge in [0.15, 0.2) is 0 Å². The molecule has 1 amide bonds. The van der Waals surface area contributed by atoms with Gasteiger partial charge in [-0.05, 0) is 55.4 Å². The summed E-state index contributed by atoms with van der Waals surface area (Å²) in [5, 5.41) is 8.57. The van der Waals surface area contributed by atoms with Gasteiger partial charge in [-0.15, -0.1) is 0 Å². The number of nitrogens with one attached hydrogen (secondary N) is 1. The Labute approximate surface area is 175 Å². The van der Waals surface area contributed by atoms with Gasteiger partial charge in [0.2, 0.25) is 5.91 Å². The van der Waals surface area contributed by atoms with E-state index < -0.39 is 0 Å². The topological polar surface area (TPSA) is 78.0 Å². The lowest BCUT2D eigenvalue weighted by atomic mass is 9.79. The lowest BCUT2D eigenvalue weighted by Gasteiger charge is -2.37. The molecule has 1 atom stereocenters. The van der Waals surface area contributed by atoms with E-state index in [1.807, 2.05) is 11.1 Å². The highest BCUT2D eigenvalue weighted by Gasteiger charge is 2.29. The van der Waals surface area contributed by atoms with Crippen molar-refractivity contribution in [1.29, 1.82) is 0 Å². The van der Waals surface area contributed by atoms with Crippen molar-refractivity contribution in [2.75, 3.05) is 31.1 Å². The Kier molecular flexibility index (Phi) is 4.73. The molecule has 154 valence electrons. The standard InChI is InChI=1S/C23H26N6O/c1-3-21(30)28-8-10-29(11-9-28)23-17-6-5-16(12-20(17)24-14-25-23)22-15(2)4-7-19-18(22)13-26-27-19/h3-4,7,13-14,16H,1,5-6,8-12H2,2H3,(H,26,27)/t16-/m1/s1. The highest BCUT2D eigenvalue weighted by Crippen LogP contribution is 2.39. The summed E-state index contributed by atoms with van der Waals surface area (Å²) in [6.07, 6.45) is 8.00. The van der Waals surface area contributed by atoms with E-state index in [2.05, 4.69) is 50.7 Å². The van der Waals surface area contributed by atoms with E-state index in [1.165, 1.54) is 28.2 Å². The van der Waals surface area contributed by atoms with Crippen molar-refractivity contribution in [3.8, 4) is 0 Å². The van der Waals surface area contributed by atoms with Gasteiger partial charge in [-0.2, -0.15) is 5.10 Å². The quantitative estimate of drug-likeness (QED) is 0.682. The molecule has 1 aliphatic carbocycles. The average molecular weight is 403 g/mol. The van der Waals surface area contributed by atoms with E-state index in [0.717, 1.165) is 49.4 Å². The van der Waals surface area contributed by atoms with Crippen molar-refractivity contribution in [1.82, 2.24) is 25.1 Å². The molecule has 0 saturated carbocycles. The van der Waals surface area contributed by atoms with Gasteiger partial charge in [-0.25, -0.2) is 9.97 Å². The summed E-state index contributed by atoms with van der Waals surface area (Å²) in [6.45, 7) is 8.77. The first-order valence-electron chi connectivity index (χ1n) is 10.6. The maximum absolute atomic E-state index is 11.9. The molecule has 1 aromatic carbocycles. The SMILES string of the molecule is C=CC(=O)N1CCN(c2ncnc3c2CC[C@@H](c2c(C)ccc4[nH]ncc24)C3)CC1. The number of piperazine rings is 1. The highest BCUT2D eigenvalue weighted by atomic mass is 16.2. The summed E-state index contributed by atoms with van der Waals surface area (Å²) in [4.78, 5) is 25.3. The van der Waals surface area contributed by atoms with Gasteiger partial charge in [0.1, 0.15) is 12.1 Å². The maximum atomic E-state index is 11.9. The molecule has 5 rings (SSSR count). The number of aryl methyl sites for hydroxylation is 1. The molecule has 1 aliphatic heterocycles. The number of carbonyl (C=O) groups excluding carboxylic acids is 1. The van der Waals surface area contributed by atoms with Crippen LogP contribution in [0.25, 0.3) is 10.9 Å². The van der Waals surface area contributed by atoms with E-state index >= 15 is 0 Å². The van der Waals surface area contributed by atoms with Crippen LogP contribution in [0.2, 0.25) is 0 Å². The van der Waals surface area contributed by atoms with Crippen molar-refractivity contribution in [3.05, 3.63) is 59.7 Å². The second kappa shape index (κ2) is 7.55. The molecule has 0 radical (unpaired) electrons. The number of carbonyl (C=O) groups is 1. The minimum Gasteiger partial charge on any atom is -0.353 e. The number of aromatic nitrogens is 4. The average Bonchev–Trinajstić information content (AvgIpc) is 3.26. The van der Waals surface area contributed by atoms with Crippen LogP contribution in [-0.2, 0) is 17.6 Å². The van der Waals surface area contributed by atoms with Gasteiger partial charge in [-0.3, -0.25) is 9.89 Å². The second-order valence-electron chi connectivity index (χ2n) is 8.21. The Morgan fingerprint density at radius 3 is 2.87 bits per heavy atom. The number of hydrogen-bond acceptors (Lipinski definition) is 5. The minimum absolute atomic E-state index is 0.00556. The summed E-state index contributed by atoms with van der Waals surface area (Å²) in [6, 6.07) is 4.29. The smallest absolute Gasteiger partial charge is 0.246 e. The number of hydrogen-bond donors (Lipinski definition) is 1. The maximum Gasteiger partial charge on any atom is 0.246 e. The van der Waals surface area contributed by atoms with Crippen LogP contribution < -0.4 is 4.90 Å². The van der Waals surface area contributed by atoms with E-state index in [4.69, 9.17) is 0 Å². The van der Waals surface area contributed by atoms with E-state index in [-0.39, 0.29) is 5.91 Å². The number of aromatic amines is 1. The summed E-state index contributed by atoms with van der Waals surface area (Å²) < 4.78 is 0. The zero-order valence-electron chi connectivity index (χ0n) is 17.3. The number of amides is 1. The van der Waals surface area contributed by atoms with E-state index in [1.54, 1.807) is 6.33 Å². The molecule has 0 bridgehead atoms. The van der Waals surface area contributed by atoms with Gasteiger partial charge in [-0.1, -0.05) is 12.6 Å². The first-order chi connectivity index (χ1) is 14.7. The molecule has 3 heterocycles. The summed E-state index contributed by atoms with van der Waals surface area (Å²) >= 11 is 0. The van der Waals surface area contributed by atoms with Crippen LogP contribution in [0.4, 0.5) is 5.82 Å². The van der Waals surface area contributed by atoms with Crippen molar-refractivity contribution in [3.63, 3.8) is 0 Å². The molecule has 30 heavy (non-hydrogen) atoms. The zero-order valence-corrected chi connectivity index (χ0v) is 17.3. The fourth-order valence-corrected chi connectivity index (χ4v) is 5.00. The molecule has 2 aliphatic rings. The summed E-state index contributed by atoms with van der Waals surface area (Å²) in [5.74, 6) is 1.48. The number of H-pyrrole nitrogens is 1. The monoisotopic (exact) mass is 402 g/mol. The Bertz CT molecular complexity index is 1110. The Balaban J connectivity index is 1.40. The molecule has 7 nitrogen and oxygen atoms in total. The Hall–Kier alpha value is -3.22. The molecular weight excluding hydrogens is 376 g/mol. The van der Waals surface area contributed by atoms with Crippen LogP contribution in [0.3, 0.4) is 0 Å².